The van der Waals surface area contributed by atoms with Crippen LogP contribution in [0.2, 0.25) is 0 Å². The molecule has 3 aromatic rings. The molecule has 0 bridgehead atoms. The molecular weight excluding hydrogens is 326 g/mol. The Morgan fingerprint density at radius 2 is 1.92 bits per heavy atom. The highest BCUT2D eigenvalue weighted by Crippen LogP contribution is 2.34. The third-order valence-electron chi connectivity index (χ3n) is 5.10. The molecule has 128 valence electrons. The lowest BCUT2D eigenvalue weighted by molar-refractivity contribution is 0.522. The van der Waals surface area contributed by atoms with Crippen molar-refractivity contribution in [1.29, 1.82) is 0 Å². The van der Waals surface area contributed by atoms with Crippen molar-refractivity contribution in [2.24, 2.45) is 0 Å². The molecule has 0 spiro atoms. The van der Waals surface area contributed by atoms with Crippen LogP contribution in [0.5, 0.6) is 0 Å². The molecule has 4 rings (SSSR count). The van der Waals surface area contributed by atoms with E-state index >= 15 is 0 Å². The highest BCUT2D eigenvalue weighted by molar-refractivity contribution is 7.98. The van der Waals surface area contributed by atoms with Crippen LogP contribution in [0.15, 0.2) is 53.7 Å². The van der Waals surface area contributed by atoms with E-state index in [1.807, 2.05) is 0 Å². The number of aromatic nitrogens is 2. The second kappa shape index (κ2) is 6.34. The number of anilines is 1. The van der Waals surface area contributed by atoms with E-state index in [-0.39, 0.29) is 5.41 Å². The van der Waals surface area contributed by atoms with Crippen molar-refractivity contribution in [3.05, 3.63) is 59.9 Å². The van der Waals surface area contributed by atoms with Gasteiger partial charge < -0.3 is 4.90 Å². The van der Waals surface area contributed by atoms with Crippen molar-refractivity contribution in [2.75, 3.05) is 24.2 Å². The van der Waals surface area contributed by atoms with Gasteiger partial charge in [-0.05, 0) is 42.0 Å². The van der Waals surface area contributed by atoms with Crippen molar-refractivity contribution in [1.82, 2.24) is 9.97 Å². The van der Waals surface area contributed by atoms with Crippen LogP contribution in [0.3, 0.4) is 0 Å². The summed E-state index contributed by atoms with van der Waals surface area (Å²) in [6, 6.07) is 15.3. The average molecular weight is 350 g/mol. The topological polar surface area (TPSA) is 29.0 Å². The Bertz CT molecular complexity index is 920. The molecule has 1 aliphatic heterocycles. The summed E-state index contributed by atoms with van der Waals surface area (Å²) in [4.78, 5) is 12.8. The van der Waals surface area contributed by atoms with Crippen LogP contribution in [-0.2, 0) is 11.8 Å². The summed E-state index contributed by atoms with van der Waals surface area (Å²) in [6.07, 6.45) is 4.85. The monoisotopic (exact) mass is 349 g/mol. The lowest BCUT2D eigenvalue weighted by Crippen LogP contribution is -2.36. The maximum atomic E-state index is 4.68. The van der Waals surface area contributed by atoms with Gasteiger partial charge in [0.1, 0.15) is 12.1 Å². The van der Waals surface area contributed by atoms with E-state index in [2.05, 4.69) is 77.4 Å². The summed E-state index contributed by atoms with van der Waals surface area (Å²) in [7, 11) is 0. The maximum absolute atomic E-state index is 4.68. The highest BCUT2D eigenvalue weighted by Gasteiger charge is 2.30. The second-order valence-corrected chi connectivity index (χ2v) is 8.17. The van der Waals surface area contributed by atoms with E-state index in [4.69, 9.17) is 0 Å². The molecule has 2 heterocycles. The molecule has 0 saturated heterocycles. The summed E-state index contributed by atoms with van der Waals surface area (Å²) >= 11 is 1.76. The lowest BCUT2D eigenvalue weighted by Gasteiger charge is -2.32. The fourth-order valence-corrected chi connectivity index (χ4v) is 4.32. The van der Waals surface area contributed by atoms with Gasteiger partial charge in [-0.3, -0.25) is 0 Å². The third kappa shape index (κ3) is 2.99. The average Bonchev–Trinajstić information content (AvgIpc) is 2.77. The van der Waals surface area contributed by atoms with E-state index in [0.717, 1.165) is 36.2 Å². The number of fused-ring (bicyclic) bond motifs is 2. The van der Waals surface area contributed by atoms with Crippen LogP contribution in [-0.4, -0.2) is 29.3 Å². The van der Waals surface area contributed by atoms with Crippen LogP contribution >= 0.6 is 11.8 Å². The Hall–Kier alpha value is -2.07. The van der Waals surface area contributed by atoms with E-state index < -0.39 is 0 Å². The molecule has 0 saturated carbocycles. The van der Waals surface area contributed by atoms with Gasteiger partial charge in [-0.2, -0.15) is 0 Å². The molecule has 0 atom stereocenters. The molecule has 0 amide bonds. The summed E-state index contributed by atoms with van der Waals surface area (Å²) in [5.41, 5.74) is 4.02. The molecule has 1 aliphatic rings. The first kappa shape index (κ1) is 16.4. The number of hydrogen-bond donors (Lipinski definition) is 0. The Balaban J connectivity index is 1.80. The van der Waals surface area contributed by atoms with E-state index in [1.165, 1.54) is 16.0 Å². The second-order valence-electron chi connectivity index (χ2n) is 7.29. The molecule has 0 aliphatic carbocycles. The standard InChI is InChI=1S/C21H23N3S/c1-21(2)13-24(11-10-15-6-4-5-7-18(15)21)20-17-12-16(25-3)8-9-19(17)22-14-23-20/h4-9,12,14H,10-11,13H2,1-3H3. The molecule has 0 N–H and O–H groups in total. The molecule has 3 nitrogen and oxygen atoms in total. The van der Waals surface area contributed by atoms with Gasteiger partial charge in [-0.25, -0.2) is 9.97 Å². The zero-order valence-corrected chi connectivity index (χ0v) is 15.8. The zero-order chi connectivity index (χ0) is 17.4. The normalized spacial score (nSPS) is 16.5. The summed E-state index contributed by atoms with van der Waals surface area (Å²) in [5.74, 6) is 1.06. The van der Waals surface area contributed by atoms with E-state index in [0.29, 0.717) is 0 Å². The molecule has 0 radical (unpaired) electrons. The number of rotatable bonds is 2. The molecule has 1 aromatic heterocycles. The third-order valence-corrected chi connectivity index (χ3v) is 5.83. The number of thioether (sulfide) groups is 1. The van der Waals surface area contributed by atoms with Gasteiger partial charge in [0.2, 0.25) is 0 Å². The quantitative estimate of drug-likeness (QED) is 0.628. The van der Waals surface area contributed by atoms with Crippen molar-refractivity contribution < 1.29 is 0 Å². The first-order valence-electron chi connectivity index (χ1n) is 8.70. The van der Waals surface area contributed by atoms with E-state index in [1.54, 1.807) is 18.1 Å². The van der Waals surface area contributed by atoms with Gasteiger partial charge in [-0.1, -0.05) is 38.1 Å². The molecule has 0 unspecified atom stereocenters. The van der Waals surface area contributed by atoms with Gasteiger partial charge in [-0.15, -0.1) is 11.8 Å². The minimum atomic E-state index is 0.0848. The van der Waals surface area contributed by atoms with Crippen molar-refractivity contribution >= 4 is 28.5 Å². The van der Waals surface area contributed by atoms with Crippen molar-refractivity contribution in [3.63, 3.8) is 0 Å². The van der Waals surface area contributed by atoms with Crippen LogP contribution in [0.25, 0.3) is 10.9 Å². The predicted molar refractivity (Wildman–Crippen MR) is 107 cm³/mol. The Labute approximate surface area is 153 Å². The molecule has 2 aromatic carbocycles. The maximum Gasteiger partial charge on any atom is 0.139 e. The lowest BCUT2D eigenvalue weighted by atomic mass is 9.82. The van der Waals surface area contributed by atoms with Crippen LogP contribution in [0.4, 0.5) is 5.82 Å². The van der Waals surface area contributed by atoms with Crippen molar-refractivity contribution in [2.45, 2.75) is 30.6 Å². The minimum absolute atomic E-state index is 0.0848. The first-order chi connectivity index (χ1) is 12.1. The highest BCUT2D eigenvalue weighted by atomic mass is 32.2. The molecular formula is C21H23N3S. The minimum Gasteiger partial charge on any atom is -0.355 e. The Kier molecular flexibility index (Phi) is 4.16. The number of benzene rings is 2. The summed E-state index contributed by atoms with van der Waals surface area (Å²) in [5, 5.41) is 1.15. The first-order valence-corrected chi connectivity index (χ1v) is 9.93. The van der Waals surface area contributed by atoms with Gasteiger partial charge >= 0.3 is 0 Å². The van der Waals surface area contributed by atoms with Crippen LogP contribution in [0, 0.1) is 0 Å². The fourth-order valence-electron chi connectivity index (χ4n) is 3.88. The SMILES string of the molecule is CSc1ccc2ncnc(N3CCc4ccccc4C(C)(C)C3)c2c1. The molecule has 4 heteroatoms. The van der Waals surface area contributed by atoms with Crippen molar-refractivity contribution in [3.8, 4) is 0 Å². The van der Waals surface area contributed by atoms with Gasteiger partial charge in [0, 0.05) is 28.8 Å². The number of nitrogens with zero attached hydrogens (tertiary/aromatic N) is 3. The van der Waals surface area contributed by atoms with Gasteiger partial charge in [0.05, 0.1) is 5.52 Å². The molecule has 25 heavy (non-hydrogen) atoms. The fraction of sp³-hybridized carbons (Fsp3) is 0.333. The Morgan fingerprint density at radius 3 is 2.76 bits per heavy atom. The summed E-state index contributed by atoms with van der Waals surface area (Å²) in [6.45, 7) is 6.61. The largest absolute Gasteiger partial charge is 0.355 e. The molecule has 0 fully saturated rings. The smallest absolute Gasteiger partial charge is 0.139 e. The zero-order valence-electron chi connectivity index (χ0n) is 15.0. The summed E-state index contributed by atoms with van der Waals surface area (Å²) < 4.78 is 0. The van der Waals surface area contributed by atoms with E-state index in [9.17, 15) is 0 Å². The van der Waals surface area contributed by atoms with Crippen LogP contribution < -0.4 is 4.90 Å². The number of hydrogen-bond acceptors (Lipinski definition) is 4. The van der Waals surface area contributed by atoms with Gasteiger partial charge in [0.15, 0.2) is 0 Å². The Morgan fingerprint density at radius 1 is 1.08 bits per heavy atom. The van der Waals surface area contributed by atoms with Crippen LogP contribution in [0.1, 0.15) is 25.0 Å². The predicted octanol–water partition coefficient (Wildman–Crippen LogP) is 4.69. The van der Waals surface area contributed by atoms with Gasteiger partial charge in [0.25, 0.3) is 0 Å².